The van der Waals surface area contributed by atoms with Gasteiger partial charge in [-0.15, -0.1) is 0 Å². The standard InChI is InChI=1S/2C18H15P.C10H7.ClH.Ni/c2*1-4-10-16(11-5-1)19(17-12-6-2-7-13-17)18-14-8-3-9-15-18;1-2-6-10-8-4-3-7-9(10)5-1;;/h2*1-15H;1-3,5-8H;1H;/q;;;;+1/p-1. The Morgan fingerprint density at radius 3 is 0.820 bits per heavy atom. The Kier molecular flexibility index (Phi) is 13.6. The van der Waals surface area contributed by atoms with Crippen molar-refractivity contribution in [1.82, 2.24) is 0 Å². The van der Waals surface area contributed by atoms with Crippen molar-refractivity contribution in [3.8, 4) is 0 Å². The SMILES string of the molecule is [Cl][Ni][c]1ccc2ccccc2c1.c1ccc(P(c2ccccc2)c2ccccc2)cc1.c1ccc(P(c2ccccc2)c2ccccc2)cc1. The van der Waals surface area contributed by atoms with Gasteiger partial charge in [0.05, 0.1) is 0 Å². The molecule has 8 rings (SSSR count). The summed E-state index contributed by atoms with van der Waals surface area (Å²) in [6, 6.07) is 79.1. The number of fused-ring (bicyclic) bond motifs is 1. The summed E-state index contributed by atoms with van der Waals surface area (Å²) in [5, 5.41) is 10.9. The minimum absolute atomic E-state index is 0.446. The minimum Gasteiger partial charge on any atom is -0.0622 e. The molecule has 0 aromatic heterocycles. The normalized spacial score (nSPS) is 10.6. The predicted octanol–water partition coefficient (Wildman–Crippen LogP) is 9.59. The monoisotopic (exact) mass is 744 g/mol. The van der Waals surface area contributed by atoms with Gasteiger partial charge in [0.1, 0.15) is 0 Å². The van der Waals surface area contributed by atoms with Gasteiger partial charge in [-0.1, -0.05) is 182 Å². The Balaban J connectivity index is 0.000000133. The van der Waals surface area contributed by atoms with E-state index in [1.54, 1.807) is 0 Å². The van der Waals surface area contributed by atoms with Gasteiger partial charge in [0.15, 0.2) is 0 Å². The molecule has 0 radical (unpaired) electrons. The summed E-state index contributed by atoms with van der Waals surface area (Å²) in [4.78, 5) is 0. The third kappa shape index (κ3) is 9.89. The van der Waals surface area contributed by atoms with Gasteiger partial charge in [0.25, 0.3) is 0 Å². The molecule has 0 atom stereocenters. The first-order chi connectivity index (χ1) is 24.8. The molecule has 0 saturated heterocycles. The summed E-state index contributed by atoms with van der Waals surface area (Å²) in [5.41, 5.74) is 0. The molecule has 0 saturated carbocycles. The second-order valence-electron chi connectivity index (χ2n) is 11.2. The minimum atomic E-state index is -0.446. The smallest absolute Gasteiger partial charge is 0.0134 e. The maximum atomic E-state index is 5.66. The van der Waals surface area contributed by atoms with Gasteiger partial charge >= 0.3 is 81.5 Å². The molecule has 0 spiro atoms. The maximum Gasteiger partial charge on any atom is -0.0134 e. The third-order valence-electron chi connectivity index (χ3n) is 7.85. The first-order valence-corrected chi connectivity index (χ1v) is 20.9. The van der Waals surface area contributed by atoms with Crippen LogP contribution in [0.2, 0.25) is 0 Å². The van der Waals surface area contributed by atoms with E-state index < -0.39 is 15.8 Å². The zero-order valence-electron chi connectivity index (χ0n) is 27.5. The van der Waals surface area contributed by atoms with Crippen molar-refractivity contribution in [2.45, 2.75) is 0 Å². The first-order valence-electron chi connectivity index (χ1n) is 16.4. The van der Waals surface area contributed by atoms with Gasteiger partial charge in [-0.2, -0.15) is 0 Å². The van der Waals surface area contributed by atoms with Crippen LogP contribution in [-0.2, 0) is 13.5 Å². The van der Waals surface area contributed by atoms with Crippen LogP contribution in [0.4, 0.5) is 0 Å². The Hall–Kier alpha value is -4.34. The summed E-state index contributed by atoms with van der Waals surface area (Å²) < 4.78 is 1.11. The number of benzene rings is 8. The fraction of sp³-hybridized carbons (Fsp3) is 0. The van der Waals surface area contributed by atoms with Gasteiger partial charge in [-0.05, 0) is 47.7 Å². The average Bonchev–Trinajstić information content (AvgIpc) is 3.21. The van der Waals surface area contributed by atoms with Crippen LogP contribution in [-0.4, -0.2) is 0 Å². The molecule has 8 aromatic rings. The molecule has 248 valence electrons. The predicted molar refractivity (Wildman–Crippen MR) is 220 cm³/mol. The molecule has 0 nitrogen and oxygen atoms in total. The Morgan fingerprint density at radius 1 is 0.280 bits per heavy atom. The van der Waals surface area contributed by atoms with Gasteiger partial charge in [-0.25, -0.2) is 0 Å². The van der Waals surface area contributed by atoms with E-state index in [1.165, 1.54) is 42.6 Å². The summed E-state index contributed by atoms with van der Waals surface area (Å²) in [6.07, 6.45) is 0. The van der Waals surface area contributed by atoms with E-state index in [4.69, 9.17) is 10.2 Å². The van der Waals surface area contributed by atoms with Crippen molar-refractivity contribution in [2.75, 3.05) is 0 Å². The molecule has 0 aliphatic rings. The largest absolute Gasteiger partial charge is 0.0622 e. The van der Waals surface area contributed by atoms with E-state index in [0.29, 0.717) is 0 Å². The van der Waals surface area contributed by atoms with Crippen LogP contribution in [0, 0.1) is 0 Å². The molecule has 0 heterocycles. The van der Waals surface area contributed by atoms with Crippen LogP contribution in [0.3, 0.4) is 0 Å². The average molecular weight is 746 g/mol. The van der Waals surface area contributed by atoms with Crippen molar-refractivity contribution < 1.29 is 13.5 Å². The van der Waals surface area contributed by atoms with Gasteiger partial charge in [-0.3, -0.25) is 0 Å². The molecular weight excluding hydrogens is 709 g/mol. The Morgan fingerprint density at radius 2 is 0.540 bits per heavy atom. The molecule has 50 heavy (non-hydrogen) atoms. The van der Waals surface area contributed by atoms with Gasteiger partial charge < -0.3 is 0 Å². The van der Waals surface area contributed by atoms with E-state index in [0.717, 1.165) is 18.1 Å². The molecule has 0 aliphatic heterocycles. The van der Waals surface area contributed by atoms with Crippen molar-refractivity contribution in [2.24, 2.45) is 0 Å². The second-order valence-corrected chi connectivity index (χ2v) is 16.9. The maximum absolute atomic E-state index is 5.66. The first kappa shape index (κ1) is 35.5. The molecular formula is C46H37ClNiP2. The molecule has 4 heteroatoms. The molecule has 0 bridgehead atoms. The van der Waals surface area contributed by atoms with Gasteiger partial charge in [0, 0.05) is 0 Å². The van der Waals surface area contributed by atoms with E-state index in [2.05, 4.69) is 206 Å². The van der Waals surface area contributed by atoms with Gasteiger partial charge in [0.2, 0.25) is 0 Å². The van der Waals surface area contributed by atoms with Crippen LogP contribution in [0.25, 0.3) is 10.8 Å². The number of halogens is 1. The number of rotatable bonds is 7. The summed E-state index contributed by atoms with van der Waals surface area (Å²) in [7, 11) is 4.77. The van der Waals surface area contributed by atoms with Crippen molar-refractivity contribution in [3.05, 3.63) is 224 Å². The van der Waals surface area contributed by atoms with E-state index in [1.807, 2.05) is 18.2 Å². The Bertz CT molecular complexity index is 1830. The van der Waals surface area contributed by atoms with E-state index in [9.17, 15) is 0 Å². The summed E-state index contributed by atoms with van der Waals surface area (Å²) >= 11 is 1.09. The van der Waals surface area contributed by atoms with Crippen LogP contribution < -0.4 is 36.4 Å². The van der Waals surface area contributed by atoms with Crippen molar-refractivity contribution >= 4 is 73.2 Å². The summed E-state index contributed by atoms with van der Waals surface area (Å²) in [5.74, 6) is 0. The van der Waals surface area contributed by atoms with E-state index >= 15 is 0 Å². The molecule has 0 N–H and O–H groups in total. The van der Waals surface area contributed by atoms with Crippen molar-refractivity contribution in [1.29, 1.82) is 0 Å². The molecule has 8 aromatic carbocycles. The van der Waals surface area contributed by atoms with Crippen molar-refractivity contribution in [3.63, 3.8) is 0 Å². The van der Waals surface area contributed by atoms with Crippen LogP contribution >= 0.6 is 26.0 Å². The second kappa shape index (κ2) is 19.2. The van der Waals surface area contributed by atoms with Crippen LogP contribution in [0.1, 0.15) is 0 Å². The molecule has 0 fully saturated rings. The summed E-state index contributed by atoms with van der Waals surface area (Å²) in [6.45, 7) is 0. The third-order valence-corrected chi connectivity index (χ3v) is 13.8. The van der Waals surface area contributed by atoms with Crippen LogP contribution in [0.15, 0.2) is 224 Å². The molecule has 0 unspecified atom stereocenters. The molecule has 0 aliphatic carbocycles. The quantitative estimate of drug-likeness (QED) is 0.113. The zero-order chi connectivity index (χ0) is 34.2. The topological polar surface area (TPSA) is 0 Å². The number of hydrogen-bond donors (Lipinski definition) is 0. The number of hydrogen-bond acceptors (Lipinski definition) is 0. The van der Waals surface area contributed by atoms with Crippen LogP contribution in [0.5, 0.6) is 0 Å². The Labute approximate surface area is 309 Å². The fourth-order valence-corrected chi connectivity index (χ4v) is 10.8. The molecule has 0 amide bonds. The zero-order valence-corrected chi connectivity index (χ0v) is 31.0. The fourth-order valence-electron chi connectivity index (χ4n) is 5.54. The van der Waals surface area contributed by atoms with E-state index in [-0.39, 0.29) is 0 Å².